The first kappa shape index (κ1) is 18.4. The van der Waals surface area contributed by atoms with Crippen molar-refractivity contribution in [1.29, 1.82) is 0 Å². The molecule has 1 atom stereocenters. The van der Waals surface area contributed by atoms with Crippen molar-refractivity contribution in [2.75, 3.05) is 31.1 Å². The summed E-state index contributed by atoms with van der Waals surface area (Å²) in [6.07, 6.45) is 3.04. The Labute approximate surface area is 161 Å². The van der Waals surface area contributed by atoms with Gasteiger partial charge in [0.2, 0.25) is 10.0 Å². The summed E-state index contributed by atoms with van der Waals surface area (Å²) >= 11 is 0. The van der Waals surface area contributed by atoms with Gasteiger partial charge in [0.1, 0.15) is 0 Å². The minimum Gasteiger partial charge on any atom is -0.355 e. The van der Waals surface area contributed by atoms with Crippen molar-refractivity contribution in [2.24, 2.45) is 5.41 Å². The highest BCUT2D eigenvalue weighted by molar-refractivity contribution is 7.88. The number of hydrogen-bond acceptors (Lipinski definition) is 5. The predicted molar refractivity (Wildman–Crippen MR) is 106 cm³/mol. The first-order valence-electron chi connectivity index (χ1n) is 9.53. The summed E-state index contributed by atoms with van der Waals surface area (Å²) in [7, 11) is -3.29. The largest absolute Gasteiger partial charge is 0.355 e. The molecule has 1 spiro atoms. The standard InChI is InChI=1S/C20H26N4O2S/c1-17-8-9-19(22-21-17)23-12-5-10-20(15-23)11-13-24(16-20)27(25,26)14-18-6-3-2-4-7-18/h2-4,6-9H,5,10-16H2,1H3/t20-/m1/s1. The van der Waals surface area contributed by atoms with E-state index in [2.05, 4.69) is 15.1 Å². The number of aromatic nitrogens is 2. The molecule has 0 aliphatic carbocycles. The maximum atomic E-state index is 12.9. The molecule has 144 valence electrons. The molecule has 0 N–H and O–H groups in total. The Morgan fingerprint density at radius 2 is 1.81 bits per heavy atom. The molecular formula is C20H26N4O2S. The maximum Gasteiger partial charge on any atom is 0.218 e. The van der Waals surface area contributed by atoms with Crippen LogP contribution in [0.1, 0.15) is 30.5 Å². The van der Waals surface area contributed by atoms with Gasteiger partial charge in [-0.05, 0) is 43.9 Å². The number of piperidine rings is 1. The fraction of sp³-hybridized carbons (Fsp3) is 0.500. The summed E-state index contributed by atoms with van der Waals surface area (Å²) in [4.78, 5) is 2.27. The van der Waals surface area contributed by atoms with Crippen molar-refractivity contribution < 1.29 is 8.42 Å². The van der Waals surface area contributed by atoms with Gasteiger partial charge in [0.15, 0.2) is 5.82 Å². The summed E-state index contributed by atoms with van der Waals surface area (Å²) in [6.45, 7) is 4.96. The molecular weight excluding hydrogens is 360 g/mol. The number of aryl methyl sites for hydroxylation is 1. The van der Waals surface area contributed by atoms with Crippen molar-refractivity contribution in [3.8, 4) is 0 Å². The molecule has 1 aromatic heterocycles. The van der Waals surface area contributed by atoms with Gasteiger partial charge < -0.3 is 4.90 Å². The van der Waals surface area contributed by atoms with E-state index in [0.717, 1.165) is 49.4 Å². The second-order valence-corrected chi connectivity index (χ2v) is 9.85. The lowest BCUT2D eigenvalue weighted by Crippen LogP contribution is -2.45. The zero-order valence-electron chi connectivity index (χ0n) is 15.7. The van der Waals surface area contributed by atoms with E-state index in [9.17, 15) is 8.42 Å². The van der Waals surface area contributed by atoms with E-state index >= 15 is 0 Å². The normalized spacial score (nSPS) is 23.8. The smallest absolute Gasteiger partial charge is 0.218 e. The second kappa shape index (κ2) is 7.20. The second-order valence-electron chi connectivity index (χ2n) is 7.88. The van der Waals surface area contributed by atoms with E-state index in [-0.39, 0.29) is 11.2 Å². The zero-order chi connectivity index (χ0) is 18.9. The highest BCUT2D eigenvalue weighted by atomic mass is 32.2. The number of nitrogens with zero attached hydrogens (tertiary/aromatic N) is 4. The minimum absolute atomic E-state index is 0.0224. The number of benzene rings is 1. The summed E-state index contributed by atoms with van der Waals surface area (Å²) in [5, 5.41) is 8.50. The third-order valence-electron chi connectivity index (χ3n) is 5.76. The average molecular weight is 387 g/mol. The molecule has 7 heteroatoms. The van der Waals surface area contributed by atoms with E-state index in [4.69, 9.17) is 0 Å². The number of hydrogen-bond donors (Lipinski definition) is 0. The van der Waals surface area contributed by atoms with Crippen molar-refractivity contribution in [3.63, 3.8) is 0 Å². The van der Waals surface area contributed by atoms with Gasteiger partial charge in [0, 0.05) is 31.6 Å². The van der Waals surface area contributed by atoms with Crippen LogP contribution in [0.3, 0.4) is 0 Å². The molecule has 0 saturated carbocycles. The molecule has 0 unspecified atom stereocenters. The van der Waals surface area contributed by atoms with Crippen LogP contribution in [0.5, 0.6) is 0 Å². The zero-order valence-corrected chi connectivity index (χ0v) is 16.5. The quantitative estimate of drug-likeness (QED) is 0.808. The van der Waals surface area contributed by atoms with Crippen LogP contribution in [-0.2, 0) is 15.8 Å². The third kappa shape index (κ3) is 3.99. The first-order chi connectivity index (χ1) is 13.0. The van der Waals surface area contributed by atoms with Gasteiger partial charge in [-0.1, -0.05) is 30.3 Å². The van der Waals surface area contributed by atoms with Gasteiger partial charge >= 0.3 is 0 Å². The Morgan fingerprint density at radius 1 is 1.00 bits per heavy atom. The van der Waals surface area contributed by atoms with Crippen molar-refractivity contribution in [1.82, 2.24) is 14.5 Å². The maximum absolute atomic E-state index is 12.9. The highest BCUT2D eigenvalue weighted by Crippen LogP contribution is 2.41. The van der Waals surface area contributed by atoms with E-state index in [1.54, 1.807) is 4.31 Å². The molecule has 0 bridgehead atoms. The molecule has 2 aliphatic heterocycles. The molecule has 6 nitrogen and oxygen atoms in total. The summed E-state index contributed by atoms with van der Waals surface area (Å²) in [6, 6.07) is 13.4. The number of anilines is 1. The topological polar surface area (TPSA) is 66.4 Å². The van der Waals surface area contributed by atoms with E-state index < -0.39 is 10.0 Å². The molecule has 0 amide bonds. The van der Waals surface area contributed by atoms with Crippen LogP contribution in [0.4, 0.5) is 5.82 Å². The lowest BCUT2D eigenvalue weighted by Gasteiger charge is -2.40. The Hall–Kier alpha value is -1.99. The van der Waals surface area contributed by atoms with Gasteiger partial charge in [-0.2, -0.15) is 5.10 Å². The third-order valence-corrected chi connectivity index (χ3v) is 7.55. The van der Waals surface area contributed by atoms with Crippen LogP contribution in [-0.4, -0.2) is 49.1 Å². The Morgan fingerprint density at radius 3 is 2.56 bits per heavy atom. The lowest BCUT2D eigenvalue weighted by molar-refractivity contribution is 0.246. The first-order valence-corrected chi connectivity index (χ1v) is 11.1. The van der Waals surface area contributed by atoms with Gasteiger partial charge in [-0.25, -0.2) is 12.7 Å². The monoisotopic (exact) mass is 386 g/mol. The van der Waals surface area contributed by atoms with Crippen molar-refractivity contribution >= 4 is 15.8 Å². The SMILES string of the molecule is Cc1ccc(N2CCC[C@@]3(CCN(S(=O)(=O)Cc4ccccc4)C3)C2)nn1. The number of sulfonamides is 1. The molecule has 1 aromatic carbocycles. The molecule has 2 fully saturated rings. The molecule has 4 rings (SSSR count). The van der Waals surface area contributed by atoms with Crippen LogP contribution in [0, 0.1) is 12.3 Å². The van der Waals surface area contributed by atoms with Crippen molar-refractivity contribution in [2.45, 2.75) is 31.9 Å². The molecule has 2 saturated heterocycles. The summed E-state index contributed by atoms with van der Waals surface area (Å²) < 4.78 is 27.5. The molecule has 27 heavy (non-hydrogen) atoms. The van der Waals surface area contributed by atoms with Crippen LogP contribution < -0.4 is 4.90 Å². The van der Waals surface area contributed by atoms with Gasteiger partial charge in [0.05, 0.1) is 11.4 Å². The minimum atomic E-state index is -3.29. The fourth-order valence-electron chi connectivity index (χ4n) is 4.30. The summed E-state index contributed by atoms with van der Waals surface area (Å²) in [5.74, 6) is 0.974. The van der Waals surface area contributed by atoms with E-state index in [0.29, 0.717) is 13.1 Å². The highest BCUT2D eigenvalue weighted by Gasteiger charge is 2.45. The van der Waals surface area contributed by atoms with Crippen LogP contribution in [0.25, 0.3) is 0 Å². The molecule has 2 aliphatic rings. The Bertz CT molecular complexity index is 886. The van der Waals surface area contributed by atoms with Crippen molar-refractivity contribution in [3.05, 3.63) is 53.7 Å². The predicted octanol–water partition coefficient (Wildman–Crippen LogP) is 2.61. The fourth-order valence-corrected chi connectivity index (χ4v) is 5.94. The van der Waals surface area contributed by atoms with Crippen LogP contribution >= 0.6 is 0 Å². The van der Waals surface area contributed by atoms with Gasteiger partial charge in [-0.3, -0.25) is 0 Å². The van der Waals surface area contributed by atoms with Crippen LogP contribution in [0.15, 0.2) is 42.5 Å². The molecule has 2 aromatic rings. The lowest BCUT2D eigenvalue weighted by atomic mass is 9.79. The van der Waals surface area contributed by atoms with E-state index in [1.165, 1.54) is 0 Å². The number of rotatable bonds is 4. The van der Waals surface area contributed by atoms with E-state index in [1.807, 2.05) is 49.4 Å². The van der Waals surface area contributed by atoms with Crippen LogP contribution in [0.2, 0.25) is 0 Å². The Kier molecular flexibility index (Phi) is 4.90. The Balaban J connectivity index is 1.46. The molecule has 0 radical (unpaired) electrons. The summed E-state index contributed by atoms with van der Waals surface area (Å²) in [5.41, 5.74) is 1.78. The van der Waals surface area contributed by atoms with Gasteiger partial charge in [0.25, 0.3) is 0 Å². The molecule has 3 heterocycles. The average Bonchev–Trinajstić information content (AvgIpc) is 3.07. The van der Waals surface area contributed by atoms with Gasteiger partial charge in [-0.15, -0.1) is 5.10 Å².